The minimum Gasteiger partial charge on any atom is -0.345 e. The second kappa shape index (κ2) is 5.31. The Balaban J connectivity index is 1.73. The van der Waals surface area contributed by atoms with E-state index in [4.69, 9.17) is 0 Å². The molecule has 1 aromatic heterocycles. The van der Waals surface area contributed by atoms with Gasteiger partial charge in [-0.3, -0.25) is 0 Å². The highest BCUT2D eigenvalue weighted by Gasteiger charge is 2.04. The van der Waals surface area contributed by atoms with E-state index in [9.17, 15) is 0 Å². The molecule has 0 aliphatic heterocycles. The van der Waals surface area contributed by atoms with Gasteiger partial charge in [0.1, 0.15) is 0 Å². The molecule has 0 bridgehead atoms. The normalized spacial score (nSPS) is 11.0. The standard InChI is InChI=1S/C18H19N/c1-15-14-17-11-5-6-12-18(17)19(15)13-7-10-16-8-3-2-4-9-16/h2-6,8-9,11-12,14H,7,10,13H2,1H3. The number of rotatable bonds is 4. The van der Waals surface area contributed by atoms with Crippen LogP contribution in [0.2, 0.25) is 0 Å². The fraction of sp³-hybridized carbons (Fsp3) is 0.222. The molecule has 0 fully saturated rings. The quantitative estimate of drug-likeness (QED) is 0.637. The molecule has 1 heterocycles. The molecule has 96 valence electrons. The van der Waals surface area contributed by atoms with Crippen molar-refractivity contribution in [2.75, 3.05) is 0 Å². The van der Waals surface area contributed by atoms with Crippen molar-refractivity contribution < 1.29 is 0 Å². The Labute approximate surface area is 114 Å². The second-order valence-corrected chi connectivity index (χ2v) is 5.09. The van der Waals surface area contributed by atoms with Crippen molar-refractivity contribution in [1.82, 2.24) is 4.57 Å². The van der Waals surface area contributed by atoms with Gasteiger partial charge in [-0.1, -0.05) is 48.5 Å². The van der Waals surface area contributed by atoms with E-state index in [1.807, 2.05) is 0 Å². The monoisotopic (exact) mass is 249 g/mol. The first kappa shape index (κ1) is 12.0. The summed E-state index contributed by atoms with van der Waals surface area (Å²) < 4.78 is 2.43. The van der Waals surface area contributed by atoms with Gasteiger partial charge in [0, 0.05) is 17.8 Å². The van der Waals surface area contributed by atoms with Crippen molar-refractivity contribution in [1.29, 1.82) is 0 Å². The van der Waals surface area contributed by atoms with Crippen molar-refractivity contribution in [3.63, 3.8) is 0 Å². The van der Waals surface area contributed by atoms with E-state index in [-0.39, 0.29) is 0 Å². The highest BCUT2D eigenvalue weighted by atomic mass is 15.0. The SMILES string of the molecule is Cc1cc2ccccc2n1CCCc1ccccc1. The summed E-state index contributed by atoms with van der Waals surface area (Å²) >= 11 is 0. The van der Waals surface area contributed by atoms with Crippen molar-refractivity contribution in [2.24, 2.45) is 0 Å². The van der Waals surface area contributed by atoms with E-state index < -0.39 is 0 Å². The smallest absolute Gasteiger partial charge is 0.0482 e. The van der Waals surface area contributed by atoms with Crippen LogP contribution < -0.4 is 0 Å². The molecular formula is C18H19N. The molecule has 0 amide bonds. The summed E-state index contributed by atoms with van der Waals surface area (Å²) in [5, 5.41) is 1.35. The van der Waals surface area contributed by atoms with E-state index in [2.05, 4.69) is 72.2 Å². The van der Waals surface area contributed by atoms with Crippen LogP contribution in [0, 0.1) is 6.92 Å². The molecule has 0 radical (unpaired) electrons. The Morgan fingerprint density at radius 1 is 0.895 bits per heavy atom. The lowest BCUT2D eigenvalue weighted by atomic mass is 10.1. The van der Waals surface area contributed by atoms with Crippen LogP contribution in [0.25, 0.3) is 10.9 Å². The molecule has 1 heteroatoms. The lowest BCUT2D eigenvalue weighted by Crippen LogP contribution is -2.01. The minimum atomic E-state index is 1.09. The van der Waals surface area contributed by atoms with E-state index in [1.54, 1.807) is 0 Å². The number of hydrogen-bond acceptors (Lipinski definition) is 0. The average molecular weight is 249 g/mol. The van der Waals surface area contributed by atoms with Crippen LogP contribution in [0.5, 0.6) is 0 Å². The summed E-state index contributed by atoms with van der Waals surface area (Å²) in [7, 11) is 0. The van der Waals surface area contributed by atoms with Crippen LogP contribution in [0.1, 0.15) is 17.7 Å². The van der Waals surface area contributed by atoms with Gasteiger partial charge in [-0.2, -0.15) is 0 Å². The maximum absolute atomic E-state index is 2.43. The number of fused-ring (bicyclic) bond motifs is 1. The number of aromatic nitrogens is 1. The Bertz CT molecular complexity index is 664. The van der Waals surface area contributed by atoms with Gasteiger partial charge in [0.2, 0.25) is 0 Å². The zero-order valence-electron chi connectivity index (χ0n) is 11.3. The largest absolute Gasteiger partial charge is 0.345 e. The minimum absolute atomic E-state index is 1.09. The number of benzene rings is 2. The zero-order chi connectivity index (χ0) is 13.1. The van der Waals surface area contributed by atoms with E-state index >= 15 is 0 Å². The summed E-state index contributed by atoms with van der Waals surface area (Å²) in [6.07, 6.45) is 2.33. The van der Waals surface area contributed by atoms with Crippen molar-refractivity contribution in [2.45, 2.75) is 26.3 Å². The van der Waals surface area contributed by atoms with Gasteiger partial charge in [-0.15, -0.1) is 0 Å². The molecule has 2 aromatic carbocycles. The third-order valence-corrected chi connectivity index (χ3v) is 3.71. The van der Waals surface area contributed by atoms with Crippen molar-refractivity contribution in [3.8, 4) is 0 Å². The molecule has 0 saturated carbocycles. The molecule has 0 spiro atoms. The zero-order valence-corrected chi connectivity index (χ0v) is 11.3. The first-order valence-corrected chi connectivity index (χ1v) is 6.93. The van der Waals surface area contributed by atoms with Gasteiger partial charge in [-0.05, 0) is 42.8 Å². The Morgan fingerprint density at radius 3 is 2.47 bits per heavy atom. The third kappa shape index (κ3) is 2.55. The van der Waals surface area contributed by atoms with Crippen LogP contribution in [0.15, 0.2) is 60.7 Å². The lowest BCUT2D eigenvalue weighted by Gasteiger charge is -2.08. The lowest BCUT2D eigenvalue weighted by molar-refractivity contribution is 0.648. The second-order valence-electron chi connectivity index (χ2n) is 5.09. The topological polar surface area (TPSA) is 4.93 Å². The summed E-state index contributed by atoms with van der Waals surface area (Å²) in [4.78, 5) is 0. The van der Waals surface area contributed by atoms with Gasteiger partial charge in [-0.25, -0.2) is 0 Å². The average Bonchev–Trinajstić information content (AvgIpc) is 2.76. The highest BCUT2D eigenvalue weighted by molar-refractivity contribution is 5.81. The van der Waals surface area contributed by atoms with Gasteiger partial charge < -0.3 is 4.57 Å². The molecular weight excluding hydrogens is 230 g/mol. The summed E-state index contributed by atoms with van der Waals surface area (Å²) in [6, 6.07) is 21.6. The number of aryl methyl sites for hydroxylation is 3. The number of nitrogens with zero attached hydrogens (tertiary/aromatic N) is 1. The van der Waals surface area contributed by atoms with Gasteiger partial charge in [0.05, 0.1) is 0 Å². The first-order valence-electron chi connectivity index (χ1n) is 6.93. The van der Waals surface area contributed by atoms with Gasteiger partial charge in [0.25, 0.3) is 0 Å². The molecule has 3 aromatic rings. The van der Waals surface area contributed by atoms with Gasteiger partial charge >= 0.3 is 0 Å². The number of hydrogen-bond donors (Lipinski definition) is 0. The fourth-order valence-corrected chi connectivity index (χ4v) is 2.73. The predicted molar refractivity (Wildman–Crippen MR) is 81.4 cm³/mol. The summed E-state index contributed by atoms with van der Waals surface area (Å²) in [5.74, 6) is 0. The highest BCUT2D eigenvalue weighted by Crippen LogP contribution is 2.19. The van der Waals surface area contributed by atoms with Crippen LogP contribution in [0.3, 0.4) is 0 Å². The molecule has 0 aliphatic rings. The number of para-hydroxylation sites is 1. The Morgan fingerprint density at radius 2 is 1.63 bits per heavy atom. The van der Waals surface area contributed by atoms with Crippen LogP contribution in [-0.2, 0) is 13.0 Å². The molecule has 0 unspecified atom stereocenters. The predicted octanol–water partition coefficient (Wildman–Crippen LogP) is 4.58. The Hall–Kier alpha value is -2.02. The Kier molecular flexibility index (Phi) is 3.37. The van der Waals surface area contributed by atoms with Crippen LogP contribution in [0.4, 0.5) is 0 Å². The summed E-state index contributed by atoms with van der Waals surface area (Å²) in [6.45, 7) is 3.29. The van der Waals surface area contributed by atoms with Crippen molar-refractivity contribution >= 4 is 10.9 Å². The van der Waals surface area contributed by atoms with Crippen molar-refractivity contribution in [3.05, 3.63) is 71.9 Å². The first-order chi connectivity index (χ1) is 9.34. The maximum Gasteiger partial charge on any atom is 0.0482 e. The van der Waals surface area contributed by atoms with Crippen LogP contribution in [-0.4, -0.2) is 4.57 Å². The van der Waals surface area contributed by atoms with E-state index in [1.165, 1.54) is 28.6 Å². The van der Waals surface area contributed by atoms with E-state index in [0.29, 0.717) is 0 Å². The molecule has 0 atom stereocenters. The molecule has 0 saturated heterocycles. The van der Waals surface area contributed by atoms with Crippen LogP contribution >= 0.6 is 0 Å². The molecule has 19 heavy (non-hydrogen) atoms. The third-order valence-electron chi connectivity index (χ3n) is 3.71. The summed E-state index contributed by atoms with van der Waals surface area (Å²) in [5.41, 5.74) is 4.14. The maximum atomic E-state index is 2.43. The molecule has 0 aliphatic carbocycles. The van der Waals surface area contributed by atoms with E-state index in [0.717, 1.165) is 13.0 Å². The molecule has 3 rings (SSSR count). The molecule has 1 nitrogen and oxygen atoms in total. The van der Waals surface area contributed by atoms with Gasteiger partial charge in [0.15, 0.2) is 0 Å². The molecule has 0 N–H and O–H groups in total. The fourth-order valence-electron chi connectivity index (χ4n) is 2.73.